The van der Waals surface area contributed by atoms with Gasteiger partial charge in [-0.25, -0.2) is 0 Å². The van der Waals surface area contributed by atoms with Gasteiger partial charge in [-0.05, 0) is 37.8 Å². The van der Waals surface area contributed by atoms with Crippen LogP contribution in [0.15, 0.2) is 24.3 Å². The SMILES string of the molecule is Clc1c(CNCCCOCC2CC2)[nH]c2ccccc12. The molecular formula is C16H21ClN2O. The highest BCUT2D eigenvalue weighted by molar-refractivity contribution is 6.36. The lowest BCUT2D eigenvalue weighted by Gasteiger charge is -2.05. The Kier molecular flexibility index (Phi) is 4.61. The molecule has 2 N–H and O–H groups in total. The lowest BCUT2D eigenvalue weighted by molar-refractivity contribution is 0.122. The van der Waals surface area contributed by atoms with Crippen molar-refractivity contribution < 1.29 is 4.74 Å². The fourth-order valence-corrected chi connectivity index (χ4v) is 2.61. The molecular weight excluding hydrogens is 272 g/mol. The number of benzene rings is 1. The average molecular weight is 293 g/mol. The molecule has 3 nitrogen and oxygen atoms in total. The van der Waals surface area contributed by atoms with Crippen molar-refractivity contribution in [2.45, 2.75) is 25.8 Å². The molecule has 0 unspecified atom stereocenters. The summed E-state index contributed by atoms with van der Waals surface area (Å²) in [5.41, 5.74) is 2.16. The number of para-hydroxylation sites is 1. The van der Waals surface area contributed by atoms with E-state index in [1.165, 1.54) is 12.8 Å². The van der Waals surface area contributed by atoms with E-state index >= 15 is 0 Å². The maximum Gasteiger partial charge on any atom is 0.0705 e. The lowest BCUT2D eigenvalue weighted by atomic mass is 10.2. The Bertz CT molecular complexity index is 563. The van der Waals surface area contributed by atoms with Crippen molar-refractivity contribution in [3.05, 3.63) is 35.0 Å². The van der Waals surface area contributed by atoms with Crippen LogP contribution in [0.2, 0.25) is 5.02 Å². The summed E-state index contributed by atoms with van der Waals surface area (Å²) < 4.78 is 5.61. The number of rotatable bonds is 8. The van der Waals surface area contributed by atoms with Gasteiger partial charge in [-0.3, -0.25) is 0 Å². The summed E-state index contributed by atoms with van der Waals surface area (Å²) in [6, 6.07) is 8.12. The molecule has 1 heterocycles. The van der Waals surface area contributed by atoms with Crippen molar-refractivity contribution in [2.24, 2.45) is 5.92 Å². The summed E-state index contributed by atoms with van der Waals surface area (Å²) in [4.78, 5) is 3.36. The summed E-state index contributed by atoms with van der Waals surface area (Å²) in [6.45, 7) is 3.53. The highest BCUT2D eigenvalue weighted by Crippen LogP contribution is 2.28. The Morgan fingerprint density at radius 2 is 2.15 bits per heavy atom. The number of aromatic nitrogens is 1. The zero-order valence-electron chi connectivity index (χ0n) is 11.6. The summed E-state index contributed by atoms with van der Waals surface area (Å²) in [7, 11) is 0. The van der Waals surface area contributed by atoms with Crippen molar-refractivity contribution in [3.8, 4) is 0 Å². The molecule has 1 aliphatic carbocycles. The van der Waals surface area contributed by atoms with E-state index in [0.717, 1.165) is 60.3 Å². The van der Waals surface area contributed by atoms with Gasteiger partial charge < -0.3 is 15.0 Å². The molecule has 0 spiro atoms. The molecule has 1 aromatic heterocycles. The number of fused-ring (bicyclic) bond motifs is 1. The van der Waals surface area contributed by atoms with Crippen molar-refractivity contribution in [1.82, 2.24) is 10.3 Å². The number of nitrogens with one attached hydrogen (secondary N) is 2. The molecule has 1 aromatic carbocycles. The van der Waals surface area contributed by atoms with Gasteiger partial charge in [0.25, 0.3) is 0 Å². The molecule has 108 valence electrons. The van der Waals surface area contributed by atoms with Crippen LogP contribution >= 0.6 is 11.6 Å². The van der Waals surface area contributed by atoms with Crippen LogP contribution in [0.3, 0.4) is 0 Å². The van der Waals surface area contributed by atoms with E-state index in [9.17, 15) is 0 Å². The maximum atomic E-state index is 6.37. The number of ether oxygens (including phenoxy) is 1. The van der Waals surface area contributed by atoms with Crippen molar-refractivity contribution in [1.29, 1.82) is 0 Å². The predicted octanol–water partition coefficient (Wildman–Crippen LogP) is 3.73. The minimum Gasteiger partial charge on any atom is -0.381 e. The average Bonchev–Trinajstić information content (AvgIpc) is 3.24. The van der Waals surface area contributed by atoms with Gasteiger partial charge in [-0.1, -0.05) is 29.8 Å². The molecule has 0 saturated heterocycles. The van der Waals surface area contributed by atoms with Crippen LogP contribution in [0, 0.1) is 5.92 Å². The number of aromatic amines is 1. The van der Waals surface area contributed by atoms with E-state index in [1.54, 1.807) is 0 Å². The van der Waals surface area contributed by atoms with Gasteiger partial charge in [0.2, 0.25) is 0 Å². The number of H-pyrrole nitrogens is 1. The zero-order chi connectivity index (χ0) is 13.8. The third-order valence-corrected chi connectivity index (χ3v) is 4.14. The van der Waals surface area contributed by atoms with Gasteiger partial charge in [-0.15, -0.1) is 0 Å². The van der Waals surface area contributed by atoms with Crippen molar-refractivity contribution >= 4 is 22.5 Å². The molecule has 3 rings (SSSR count). The summed E-state index contributed by atoms with van der Waals surface area (Å²) in [5, 5.41) is 5.34. The first-order chi connectivity index (χ1) is 9.84. The van der Waals surface area contributed by atoms with E-state index in [4.69, 9.17) is 16.3 Å². The van der Waals surface area contributed by atoms with Gasteiger partial charge in [-0.2, -0.15) is 0 Å². The van der Waals surface area contributed by atoms with Crippen LogP contribution in [-0.4, -0.2) is 24.7 Å². The Morgan fingerprint density at radius 1 is 1.30 bits per heavy atom. The van der Waals surface area contributed by atoms with Gasteiger partial charge in [0.1, 0.15) is 0 Å². The molecule has 2 aromatic rings. The first-order valence-corrected chi connectivity index (χ1v) is 7.76. The van der Waals surface area contributed by atoms with Crippen molar-refractivity contribution in [2.75, 3.05) is 19.8 Å². The predicted molar refractivity (Wildman–Crippen MR) is 83.2 cm³/mol. The van der Waals surface area contributed by atoms with Gasteiger partial charge in [0.05, 0.1) is 5.02 Å². The molecule has 1 aliphatic rings. The van der Waals surface area contributed by atoms with Gasteiger partial charge >= 0.3 is 0 Å². The standard InChI is InChI=1S/C16H21ClN2O/c17-16-13-4-1-2-5-14(13)19-15(16)10-18-8-3-9-20-11-12-6-7-12/h1-2,4-5,12,18-19H,3,6-11H2. The summed E-state index contributed by atoms with van der Waals surface area (Å²) >= 11 is 6.37. The first-order valence-electron chi connectivity index (χ1n) is 7.38. The molecule has 0 radical (unpaired) electrons. The van der Waals surface area contributed by atoms with E-state index in [0.29, 0.717) is 0 Å². The van der Waals surface area contributed by atoms with E-state index < -0.39 is 0 Å². The molecule has 1 saturated carbocycles. The van der Waals surface area contributed by atoms with Crippen LogP contribution in [0.1, 0.15) is 25.0 Å². The second-order valence-electron chi connectivity index (χ2n) is 5.51. The summed E-state index contributed by atoms with van der Waals surface area (Å²) in [5.74, 6) is 0.855. The van der Waals surface area contributed by atoms with E-state index in [1.807, 2.05) is 18.2 Å². The lowest BCUT2D eigenvalue weighted by Crippen LogP contribution is -2.17. The Labute approximate surface area is 124 Å². The van der Waals surface area contributed by atoms with Crippen LogP contribution in [0.5, 0.6) is 0 Å². The maximum absolute atomic E-state index is 6.37. The monoisotopic (exact) mass is 292 g/mol. The third-order valence-electron chi connectivity index (χ3n) is 3.71. The van der Waals surface area contributed by atoms with E-state index in [-0.39, 0.29) is 0 Å². The molecule has 4 heteroatoms. The fourth-order valence-electron chi connectivity index (χ4n) is 2.33. The number of halogens is 1. The summed E-state index contributed by atoms with van der Waals surface area (Å²) in [6.07, 6.45) is 3.76. The van der Waals surface area contributed by atoms with Crippen LogP contribution in [0.25, 0.3) is 10.9 Å². The Morgan fingerprint density at radius 3 is 2.95 bits per heavy atom. The van der Waals surface area contributed by atoms with Crippen molar-refractivity contribution in [3.63, 3.8) is 0 Å². The smallest absolute Gasteiger partial charge is 0.0705 e. The number of hydrogen-bond acceptors (Lipinski definition) is 2. The normalized spacial score (nSPS) is 15.1. The minimum atomic E-state index is 0.774. The molecule has 1 fully saturated rings. The third kappa shape index (κ3) is 3.54. The second-order valence-corrected chi connectivity index (χ2v) is 5.89. The van der Waals surface area contributed by atoms with Crippen LogP contribution < -0.4 is 5.32 Å². The van der Waals surface area contributed by atoms with Gasteiger partial charge in [0, 0.05) is 36.4 Å². The van der Waals surface area contributed by atoms with Gasteiger partial charge in [0.15, 0.2) is 0 Å². The molecule has 20 heavy (non-hydrogen) atoms. The highest BCUT2D eigenvalue weighted by Gasteiger charge is 2.20. The Hall–Kier alpha value is -1.03. The largest absolute Gasteiger partial charge is 0.381 e. The number of hydrogen-bond donors (Lipinski definition) is 2. The molecule has 0 bridgehead atoms. The Balaban J connectivity index is 1.39. The molecule has 0 amide bonds. The first kappa shape index (κ1) is 13.9. The zero-order valence-corrected chi connectivity index (χ0v) is 12.4. The minimum absolute atomic E-state index is 0.774. The van der Waals surface area contributed by atoms with Crippen LogP contribution in [0.4, 0.5) is 0 Å². The topological polar surface area (TPSA) is 37.0 Å². The highest BCUT2D eigenvalue weighted by atomic mass is 35.5. The molecule has 0 atom stereocenters. The molecule has 0 aliphatic heterocycles. The van der Waals surface area contributed by atoms with Crippen LogP contribution in [-0.2, 0) is 11.3 Å². The van der Waals surface area contributed by atoms with E-state index in [2.05, 4.69) is 16.4 Å². The fraction of sp³-hybridized carbons (Fsp3) is 0.500. The quantitative estimate of drug-likeness (QED) is 0.728. The second kappa shape index (κ2) is 6.61.